The molecule has 4 aromatic rings. The van der Waals surface area contributed by atoms with Gasteiger partial charge in [0.05, 0.1) is 41.6 Å². The summed E-state index contributed by atoms with van der Waals surface area (Å²) in [6, 6.07) is 22.1. The van der Waals surface area contributed by atoms with Gasteiger partial charge in [-0.1, -0.05) is 48.5 Å². The van der Waals surface area contributed by atoms with Crippen molar-refractivity contribution < 1.29 is 19.4 Å². The fourth-order valence-corrected chi connectivity index (χ4v) is 4.38. The highest BCUT2D eigenvalue weighted by Crippen LogP contribution is 2.43. The van der Waals surface area contributed by atoms with E-state index in [1.807, 2.05) is 66.1 Å². The lowest BCUT2D eigenvalue weighted by atomic mass is 9.92. The number of hydrogen-bond donors (Lipinski definition) is 2. The first-order chi connectivity index (χ1) is 16.6. The first-order valence-electron chi connectivity index (χ1n) is 11.3. The number of imidazole rings is 1. The number of nitrogens with zero attached hydrogens (tertiary/aromatic N) is 2. The molecule has 1 atom stereocenters. The number of nitrogens with one attached hydrogen (secondary N) is 1. The number of phenolic OH excluding ortho intramolecular Hbond substituents is 1. The number of carbonyl (C=O) groups is 1. The van der Waals surface area contributed by atoms with Gasteiger partial charge in [-0.15, -0.1) is 0 Å². The quantitative estimate of drug-likeness (QED) is 0.392. The Morgan fingerprint density at radius 2 is 1.79 bits per heavy atom. The fourth-order valence-electron chi connectivity index (χ4n) is 4.38. The Balaban J connectivity index is 1.82. The van der Waals surface area contributed by atoms with Crippen LogP contribution in [0.1, 0.15) is 31.0 Å². The smallest absolute Gasteiger partial charge is 0.338 e. The number of aromatic hydroxyl groups is 1. The van der Waals surface area contributed by atoms with E-state index in [2.05, 4.69) is 5.32 Å². The zero-order valence-corrected chi connectivity index (χ0v) is 19.0. The number of benzene rings is 3. The predicted octanol–water partition coefficient (Wildman–Crippen LogP) is 5.13. The summed E-state index contributed by atoms with van der Waals surface area (Å²) in [5, 5.41) is 13.7. The van der Waals surface area contributed by atoms with Crippen LogP contribution < -0.4 is 10.1 Å². The molecule has 1 aliphatic heterocycles. The number of para-hydroxylation sites is 2. The van der Waals surface area contributed by atoms with E-state index < -0.39 is 12.0 Å². The van der Waals surface area contributed by atoms with Gasteiger partial charge in [0.15, 0.2) is 11.5 Å². The van der Waals surface area contributed by atoms with Crippen LogP contribution in [0.15, 0.2) is 78.4 Å². The summed E-state index contributed by atoms with van der Waals surface area (Å²) in [4.78, 5) is 18.3. The summed E-state index contributed by atoms with van der Waals surface area (Å²) in [6.45, 7) is 4.29. The molecule has 1 aliphatic rings. The summed E-state index contributed by atoms with van der Waals surface area (Å²) >= 11 is 0. The molecule has 34 heavy (non-hydrogen) atoms. The number of fused-ring (bicyclic) bond motifs is 3. The highest BCUT2D eigenvalue weighted by Gasteiger charge is 2.37. The van der Waals surface area contributed by atoms with E-state index in [9.17, 15) is 9.90 Å². The maximum Gasteiger partial charge on any atom is 0.338 e. The first-order valence-corrected chi connectivity index (χ1v) is 11.3. The van der Waals surface area contributed by atoms with Crippen LogP contribution in [0.3, 0.4) is 0 Å². The molecule has 0 spiro atoms. The zero-order chi connectivity index (χ0) is 23.7. The summed E-state index contributed by atoms with van der Waals surface area (Å²) in [6.07, 6.45) is 0. The Labute approximate surface area is 197 Å². The number of carbonyl (C=O) groups excluding carboxylic acids is 1. The van der Waals surface area contributed by atoms with Gasteiger partial charge in [-0.25, -0.2) is 9.78 Å². The largest absolute Gasteiger partial charge is 0.504 e. The van der Waals surface area contributed by atoms with E-state index in [1.165, 1.54) is 0 Å². The van der Waals surface area contributed by atoms with Crippen molar-refractivity contribution in [3.05, 3.63) is 89.5 Å². The van der Waals surface area contributed by atoms with Gasteiger partial charge in [-0.05, 0) is 49.2 Å². The molecule has 0 unspecified atom stereocenters. The van der Waals surface area contributed by atoms with E-state index >= 15 is 0 Å². The minimum atomic E-state index is -0.558. The van der Waals surface area contributed by atoms with Crippen LogP contribution in [0.4, 0.5) is 5.95 Å². The predicted molar refractivity (Wildman–Crippen MR) is 131 cm³/mol. The van der Waals surface area contributed by atoms with E-state index in [1.54, 1.807) is 25.1 Å². The maximum absolute atomic E-state index is 13.5. The Kier molecular flexibility index (Phi) is 5.67. The van der Waals surface area contributed by atoms with Crippen LogP contribution in [-0.2, 0) is 9.53 Å². The maximum atomic E-state index is 13.5. The van der Waals surface area contributed by atoms with Crippen molar-refractivity contribution in [3.63, 3.8) is 0 Å². The van der Waals surface area contributed by atoms with Crippen molar-refractivity contribution in [2.75, 3.05) is 18.5 Å². The van der Waals surface area contributed by atoms with Crippen LogP contribution in [0, 0.1) is 0 Å². The standard InChI is InChI=1S/C27H25N3O4/c1-3-33-22-16-18(14-15-21(22)31)25-23(26(32)34-4-2)24(17-10-6-5-7-11-17)29-27-28-19-12-8-9-13-20(19)30(25)27/h5-16,25,31H,3-4H2,1-2H3,(H,28,29)/t25-/m1/s1. The van der Waals surface area contributed by atoms with Gasteiger partial charge in [0, 0.05) is 0 Å². The van der Waals surface area contributed by atoms with Gasteiger partial charge in [-0.3, -0.25) is 4.57 Å². The molecule has 5 rings (SSSR count). The third-order valence-electron chi connectivity index (χ3n) is 5.79. The molecule has 2 heterocycles. The summed E-state index contributed by atoms with van der Waals surface area (Å²) in [5.74, 6) is 0.589. The van der Waals surface area contributed by atoms with Crippen molar-refractivity contribution in [1.82, 2.24) is 9.55 Å². The lowest BCUT2D eigenvalue weighted by Crippen LogP contribution is -2.29. The van der Waals surface area contributed by atoms with Crippen LogP contribution in [-0.4, -0.2) is 33.8 Å². The normalized spacial score (nSPS) is 15.1. The number of esters is 1. The van der Waals surface area contributed by atoms with Crippen molar-refractivity contribution in [1.29, 1.82) is 0 Å². The SMILES string of the molecule is CCOC(=O)C1=C(c2ccccc2)Nc2nc3ccccc3n2[C@@H]1c1ccc(O)c(OCC)c1. The number of rotatable bonds is 6. The molecule has 0 fully saturated rings. The topological polar surface area (TPSA) is 85.6 Å². The molecule has 0 bridgehead atoms. The minimum Gasteiger partial charge on any atom is -0.504 e. The summed E-state index contributed by atoms with van der Waals surface area (Å²) in [5.41, 5.74) is 4.38. The van der Waals surface area contributed by atoms with Crippen LogP contribution in [0.2, 0.25) is 0 Å². The van der Waals surface area contributed by atoms with E-state index in [0.717, 1.165) is 22.2 Å². The van der Waals surface area contributed by atoms with Crippen LogP contribution in [0.5, 0.6) is 11.5 Å². The molecule has 3 aromatic carbocycles. The third kappa shape index (κ3) is 3.65. The molecule has 0 amide bonds. The summed E-state index contributed by atoms with van der Waals surface area (Å²) in [7, 11) is 0. The van der Waals surface area contributed by atoms with Crippen molar-refractivity contribution in [3.8, 4) is 11.5 Å². The lowest BCUT2D eigenvalue weighted by Gasteiger charge is -2.31. The number of hydrogen-bond acceptors (Lipinski definition) is 6. The van der Waals surface area contributed by atoms with Gasteiger partial charge >= 0.3 is 5.97 Å². The lowest BCUT2D eigenvalue weighted by molar-refractivity contribution is -0.138. The molecule has 7 heteroatoms. The second-order valence-electron chi connectivity index (χ2n) is 7.86. The van der Waals surface area contributed by atoms with E-state index in [4.69, 9.17) is 14.5 Å². The average molecular weight is 456 g/mol. The molecule has 0 aliphatic carbocycles. The van der Waals surface area contributed by atoms with Crippen molar-refractivity contribution >= 4 is 28.6 Å². The van der Waals surface area contributed by atoms with Crippen molar-refractivity contribution in [2.24, 2.45) is 0 Å². The van der Waals surface area contributed by atoms with E-state index in [0.29, 0.717) is 29.6 Å². The molecule has 0 saturated heterocycles. The molecule has 0 saturated carbocycles. The second-order valence-corrected chi connectivity index (χ2v) is 7.86. The average Bonchev–Trinajstić information content (AvgIpc) is 3.23. The molecule has 1 aromatic heterocycles. The number of aromatic nitrogens is 2. The Morgan fingerprint density at radius 3 is 2.56 bits per heavy atom. The summed E-state index contributed by atoms with van der Waals surface area (Å²) < 4.78 is 13.2. The number of anilines is 1. The monoisotopic (exact) mass is 455 g/mol. The molecule has 0 radical (unpaired) electrons. The zero-order valence-electron chi connectivity index (χ0n) is 19.0. The third-order valence-corrected chi connectivity index (χ3v) is 5.79. The van der Waals surface area contributed by atoms with Gasteiger partial charge in [-0.2, -0.15) is 0 Å². The molecule has 7 nitrogen and oxygen atoms in total. The van der Waals surface area contributed by atoms with Gasteiger partial charge in [0.25, 0.3) is 0 Å². The Bertz CT molecular complexity index is 1390. The van der Waals surface area contributed by atoms with Gasteiger partial charge in [0.2, 0.25) is 5.95 Å². The van der Waals surface area contributed by atoms with Gasteiger partial charge in [0.1, 0.15) is 0 Å². The van der Waals surface area contributed by atoms with E-state index in [-0.39, 0.29) is 12.4 Å². The molecule has 2 N–H and O–H groups in total. The fraction of sp³-hybridized carbons (Fsp3) is 0.185. The molecule has 172 valence electrons. The van der Waals surface area contributed by atoms with Gasteiger partial charge < -0.3 is 19.9 Å². The number of phenols is 1. The molecular formula is C27H25N3O4. The first kappa shape index (κ1) is 21.6. The van der Waals surface area contributed by atoms with Crippen LogP contribution >= 0.6 is 0 Å². The second kappa shape index (κ2) is 8.94. The number of ether oxygens (including phenoxy) is 2. The minimum absolute atomic E-state index is 0.0418. The highest BCUT2D eigenvalue weighted by molar-refractivity contribution is 6.03. The van der Waals surface area contributed by atoms with Crippen molar-refractivity contribution in [2.45, 2.75) is 19.9 Å². The van der Waals surface area contributed by atoms with Crippen LogP contribution in [0.25, 0.3) is 16.7 Å². The Morgan fingerprint density at radius 1 is 1.03 bits per heavy atom. The molecular weight excluding hydrogens is 430 g/mol. The highest BCUT2D eigenvalue weighted by atomic mass is 16.5. The Hall–Kier alpha value is -4.26.